The van der Waals surface area contributed by atoms with Crippen molar-refractivity contribution in [2.45, 2.75) is 12.9 Å². The van der Waals surface area contributed by atoms with E-state index in [0.29, 0.717) is 12.2 Å². The second-order valence-corrected chi connectivity index (χ2v) is 5.01. The van der Waals surface area contributed by atoms with Crippen LogP contribution in [0, 0.1) is 0 Å². The molecule has 1 aromatic carbocycles. The summed E-state index contributed by atoms with van der Waals surface area (Å²) in [5, 5.41) is 4.73. The summed E-state index contributed by atoms with van der Waals surface area (Å²) in [5.41, 5.74) is 6.22. The first-order valence-corrected chi connectivity index (χ1v) is 6.75. The summed E-state index contributed by atoms with van der Waals surface area (Å²) in [6.45, 7) is 0.450. The van der Waals surface area contributed by atoms with E-state index in [0.717, 1.165) is 4.88 Å². The van der Waals surface area contributed by atoms with Gasteiger partial charge in [0.15, 0.2) is 5.96 Å². The Bertz CT molecular complexity index is 594. The molecule has 0 amide bonds. The number of ether oxygens (including phenoxy) is 1. The minimum atomic E-state index is -4.70. The number of rotatable bonds is 4. The van der Waals surface area contributed by atoms with Crippen molar-refractivity contribution in [3.05, 3.63) is 46.7 Å². The third-order valence-electron chi connectivity index (χ3n) is 2.35. The van der Waals surface area contributed by atoms with E-state index in [1.165, 1.54) is 24.3 Å². The maximum Gasteiger partial charge on any atom is 0.573 e. The van der Waals surface area contributed by atoms with Gasteiger partial charge in [0.25, 0.3) is 0 Å². The highest BCUT2D eigenvalue weighted by Crippen LogP contribution is 2.23. The van der Waals surface area contributed by atoms with Crippen LogP contribution in [-0.2, 0) is 6.54 Å². The van der Waals surface area contributed by atoms with Crippen molar-refractivity contribution < 1.29 is 17.9 Å². The van der Waals surface area contributed by atoms with E-state index in [1.807, 2.05) is 17.5 Å². The summed E-state index contributed by atoms with van der Waals surface area (Å²) >= 11 is 1.56. The molecule has 0 aliphatic rings. The summed E-state index contributed by atoms with van der Waals surface area (Å²) < 4.78 is 39.8. The van der Waals surface area contributed by atoms with Crippen LogP contribution in [0.2, 0.25) is 0 Å². The zero-order valence-corrected chi connectivity index (χ0v) is 11.5. The van der Waals surface area contributed by atoms with Crippen LogP contribution in [0.15, 0.2) is 46.8 Å². The molecule has 0 aliphatic heterocycles. The fraction of sp³-hybridized carbons (Fsp3) is 0.154. The molecule has 2 rings (SSSR count). The van der Waals surface area contributed by atoms with Crippen molar-refractivity contribution in [1.29, 1.82) is 0 Å². The first kappa shape index (κ1) is 15.2. The molecule has 0 unspecified atom stereocenters. The van der Waals surface area contributed by atoms with E-state index < -0.39 is 6.36 Å². The van der Waals surface area contributed by atoms with Crippen LogP contribution < -0.4 is 15.8 Å². The third-order valence-corrected chi connectivity index (χ3v) is 3.21. The SMILES string of the molecule is NC(=NCc1cccs1)Nc1ccc(OC(F)(F)F)cc1. The molecule has 1 aromatic heterocycles. The number of hydrogen-bond acceptors (Lipinski definition) is 3. The van der Waals surface area contributed by atoms with Crippen LogP contribution in [-0.4, -0.2) is 12.3 Å². The summed E-state index contributed by atoms with van der Waals surface area (Å²) in [5.74, 6) is -0.102. The Balaban J connectivity index is 1.92. The largest absolute Gasteiger partial charge is 0.573 e. The van der Waals surface area contributed by atoms with Gasteiger partial charge in [-0.25, -0.2) is 4.99 Å². The lowest BCUT2D eigenvalue weighted by Gasteiger charge is -2.10. The van der Waals surface area contributed by atoms with Gasteiger partial charge in [0.1, 0.15) is 5.75 Å². The second-order valence-electron chi connectivity index (χ2n) is 3.98. The van der Waals surface area contributed by atoms with Crippen molar-refractivity contribution in [3.8, 4) is 5.75 Å². The summed E-state index contributed by atoms with van der Waals surface area (Å²) in [7, 11) is 0. The van der Waals surface area contributed by atoms with Gasteiger partial charge in [0, 0.05) is 10.6 Å². The fourth-order valence-electron chi connectivity index (χ4n) is 1.49. The first-order valence-electron chi connectivity index (χ1n) is 5.87. The number of aliphatic imine (C=N–C) groups is 1. The lowest BCUT2D eigenvalue weighted by molar-refractivity contribution is -0.274. The number of thiophene rings is 1. The number of nitrogens with two attached hydrogens (primary N) is 1. The quantitative estimate of drug-likeness (QED) is 0.670. The van der Waals surface area contributed by atoms with Gasteiger partial charge in [-0.15, -0.1) is 24.5 Å². The van der Waals surface area contributed by atoms with Gasteiger partial charge in [-0.3, -0.25) is 0 Å². The number of nitrogens with zero attached hydrogens (tertiary/aromatic N) is 1. The average Bonchev–Trinajstić information content (AvgIpc) is 2.90. The van der Waals surface area contributed by atoms with Gasteiger partial charge in [0.2, 0.25) is 0 Å². The average molecular weight is 315 g/mol. The summed E-state index contributed by atoms with van der Waals surface area (Å²) in [6.07, 6.45) is -4.70. The minimum Gasteiger partial charge on any atom is -0.406 e. The Morgan fingerprint density at radius 3 is 2.52 bits per heavy atom. The zero-order valence-electron chi connectivity index (χ0n) is 10.7. The van der Waals surface area contributed by atoms with E-state index in [1.54, 1.807) is 11.3 Å². The van der Waals surface area contributed by atoms with E-state index >= 15 is 0 Å². The molecule has 0 radical (unpaired) electrons. The molecule has 4 nitrogen and oxygen atoms in total. The monoisotopic (exact) mass is 315 g/mol. The maximum absolute atomic E-state index is 12.0. The first-order chi connectivity index (χ1) is 9.92. The van der Waals surface area contributed by atoms with Gasteiger partial charge in [-0.2, -0.15) is 0 Å². The molecule has 0 fully saturated rings. The Hall–Kier alpha value is -2.22. The van der Waals surface area contributed by atoms with Gasteiger partial charge in [-0.1, -0.05) is 6.07 Å². The van der Waals surface area contributed by atoms with Crippen molar-refractivity contribution in [1.82, 2.24) is 0 Å². The van der Waals surface area contributed by atoms with Crippen LogP contribution in [0.3, 0.4) is 0 Å². The molecular weight excluding hydrogens is 303 g/mol. The van der Waals surface area contributed by atoms with E-state index in [9.17, 15) is 13.2 Å². The molecule has 112 valence electrons. The number of benzene rings is 1. The lowest BCUT2D eigenvalue weighted by Crippen LogP contribution is -2.22. The van der Waals surface area contributed by atoms with Crippen molar-refractivity contribution in [3.63, 3.8) is 0 Å². The number of guanidine groups is 1. The van der Waals surface area contributed by atoms with Crippen molar-refractivity contribution in [2.24, 2.45) is 10.7 Å². The number of alkyl halides is 3. The minimum absolute atomic E-state index is 0.188. The highest BCUT2D eigenvalue weighted by molar-refractivity contribution is 7.09. The van der Waals surface area contributed by atoms with Crippen molar-refractivity contribution in [2.75, 3.05) is 5.32 Å². The fourth-order valence-corrected chi connectivity index (χ4v) is 2.12. The molecule has 1 heterocycles. The third kappa shape index (κ3) is 5.35. The number of nitrogens with one attached hydrogen (secondary N) is 1. The van der Waals surface area contributed by atoms with Crippen LogP contribution in [0.25, 0.3) is 0 Å². The van der Waals surface area contributed by atoms with Crippen LogP contribution in [0.1, 0.15) is 4.88 Å². The standard InChI is InChI=1S/C13H12F3N3OS/c14-13(15,16)20-10-5-3-9(4-6-10)19-12(17)18-8-11-2-1-7-21-11/h1-7H,8H2,(H3,17,18,19). The predicted octanol–water partition coefficient (Wildman–Crippen LogP) is 3.57. The van der Waals surface area contributed by atoms with Crippen LogP contribution in [0.4, 0.5) is 18.9 Å². The van der Waals surface area contributed by atoms with Crippen molar-refractivity contribution >= 4 is 23.0 Å². The molecular formula is C13H12F3N3OS. The molecule has 0 saturated carbocycles. The second kappa shape index (κ2) is 6.49. The summed E-state index contributed by atoms with van der Waals surface area (Å²) in [4.78, 5) is 5.19. The summed E-state index contributed by atoms with van der Waals surface area (Å²) in [6, 6.07) is 9.09. The number of hydrogen-bond donors (Lipinski definition) is 2. The molecule has 8 heteroatoms. The highest BCUT2D eigenvalue weighted by Gasteiger charge is 2.30. The van der Waals surface area contributed by atoms with E-state index in [-0.39, 0.29) is 11.7 Å². The van der Waals surface area contributed by atoms with Gasteiger partial charge in [-0.05, 0) is 35.7 Å². The Morgan fingerprint density at radius 1 is 1.24 bits per heavy atom. The Kier molecular flexibility index (Phi) is 4.69. The number of halogens is 3. The molecule has 0 aliphatic carbocycles. The van der Waals surface area contributed by atoms with Gasteiger partial charge >= 0.3 is 6.36 Å². The molecule has 0 bridgehead atoms. The molecule has 0 atom stereocenters. The van der Waals surface area contributed by atoms with Crippen LogP contribution in [0.5, 0.6) is 5.75 Å². The Labute approximate surface area is 123 Å². The topological polar surface area (TPSA) is 59.6 Å². The van der Waals surface area contributed by atoms with Gasteiger partial charge in [0.05, 0.1) is 6.54 Å². The van der Waals surface area contributed by atoms with Crippen LogP contribution >= 0.6 is 11.3 Å². The Morgan fingerprint density at radius 2 is 1.95 bits per heavy atom. The number of anilines is 1. The molecule has 2 aromatic rings. The highest BCUT2D eigenvalue weighted by atomic mass is 32.1. The van der Waals surface area contributed by atoms with Gasteiger partial charge < -0.3 is 15.8 Å². The maximum atomic E-state index is 12.0. The van der Waals surface area contributed by atoms with E-state index in [2.05, 4.69) is 15.0 Å². The molecule has 3 N–H and O–H groups in total. The molecule has 0 spiro atoms. The normalized spacial score (nSPS) is 12.2. The predicted molar refractivity (Wildman–Crippen MR) is 76.4 cm³/mol. The molecule has 21 heavy (non-hydrogen) atoms. The zero-order chi connectivity index (χ0) is 15.3. The van der Waals surface area contributed by atoms with E-state index in [4.69, 9.17) is 5.73 Å². The smallest absolute Gasteiger partial charge is 0.406 e. The molecule has 0 saturated heterocycles. The lowest BCUT2D eigenvalue weighted by atomic mass is 10.3.